The Kier molecular flexibility index (Phi) is 7.47. The predicted octanol–water partition coefficient (Wildman–Crippen LogP) is 8.40. The van der Waals surface area contributed by atoms with Gasteiger partial charge in [-0.15, -0.1) is 0 Å². The molecule has 3 nitrogen and oxygen atoms in total. The summed E-state index contributed by atoms with van der Waals surface area (Å²) in [6.07, 6.45) is -10.1. The van der Waals surface area contributed by atoms with Gasteiger partial charge in [0.15, 0.2) is 0 Å². The summed E-state index contributed by atoms with van der Waals surface area (Å²) in [5.74, 6) is -2.18. The van der Waals surface area contributed by atoms with Crippen molar-refractivity contribution in [3.05, 3.63) is 83.4 Å². The van der Waals surface area contributed by atoms with Gasteiger partial charge >= 0.3 is 18.3 Å². The number of hydrogen-bond acceptors (Lipinski definition) is 2. The number of rotatable bonds is 7. The number of hydrogen-bond donors (Lipinski definition) is 1. The second-order valence-corrected chi connectivity index (χ2v) is 8.44. The average Bonchev–Trinajstić information content (AvgIpc) is 2.76. The van der Waals surface area contributed by atoms with E-state index < -0.39 is 41.1 Å². The van der Waals surface area contributed by atoms with Crippen LogP contribution in [-0.4, -0.2) is 11.1 Å². The summed E-state index contributed by atoms with van der Waals surface area (Å²) in [5.41, 5.74) is -2.01. The first-order valence-electron chi connectivity index (χ1n) is 10.7. The second-order valence-electron chi connectivity index (χ2n) is 8.44. The standard InChI is InChI=1S/C26H22F6O3/c1-15(2)12-21(24(33)34)19-10-8-17(13-20(19)16-6-4-3-5-7-16)35-18-9-11-22(25(27,28)29)23(14-18)26(30,31)32/h3-11,13-15,21H,12H2,1-2H3,(H,33,34). The molecule has 0 aliphatic heterocycles. The molecule has 0 amide bonds. The quantitative estimate of drug-likeness (QED) is 0.334. The van der Waals surface area contributed by atoms with Crippen LogP contribution in [0.4, 0.5) is 26.3 Å². The molecule has 0 radical (unpaired) electrons. The third kappa shape index (κ3) is 6.35. The van der Waals surface area contributed by atoms with E-state index in [2.05, 4.69) is 0 Å². The van der Waals surface area contributed by atoms with Crippen LogP contribution in [0.25, 0.3) is 11.1 Å². The van der Waals surface area contributed by atoms with Gasteiger partial charge in [-0.25, -0.2) is 0 Å². The first-order valence-corrected chi connectivity index (χ1v) is 10.7. The van der Waals surface area contributed by atoms with E-state index in [0.717, 1.165) is 6.07 Å². The molecule has 186 valence electrons. The summed E-state index contributed by atoms with van der Waals surface area (Å²) in [4.78, 5) is 12.0. The summed E-state index contributed by atoms with van der Waals surface area (Å²) in [6.45, 7) is 3.77. The number of ether oxygens (including phenoxy) is 1. The van der Waals surface area contributed by atoms with E-state index in [-0.39, 0.29) is 11.7 Å². The zero-order chi connectivity index (χ0) is 26.0. The Morgan fingerprint density at radius 1 is 0.829 bits per heavy atom. The van der Waals surface area contributed by atoms with Crippen LogP contribution in [0, 0.1) is 5.92 Å². The Balaban J connectivity index is 2.08. The second kappa shape index (κ2) is 10.0. The van der Waals surface area contributed by atoms with Gasteiger partial charge < -0.3 is 9.84 Å². The molecule has 1 N–H and O–H groups in total. The molecular formula is C26H22F6O3. The van der Waals surface area contributed by atoms with Crippen molar-refractivity contribution in [3.8, 4) is 22.6 Å². The minimum Gasteiger partial charge on any atom is -0.481 e. The minimum absolute atomic E-state index is 0.0502. The van der Waals surface area contributed by atoms with E-state index in [9.17, 15) is 36.2 Å². The van der Waals surface area contributed by atoms with Crippen LogP contribution < -0.4 is 4.74 Å². The van der Waals surface area contributed by atoms with Crippen LogP contribution in [0.1, 0.15) is 42.9 Å². The Bertz CT molecular complexity index is 1180. The molecule has 0 heterocycles. The topological polar surface area (TPSA) is 46.5 Å². The summed E-state index contributed by atoms with van der Waals surface area (Å²) >= 11 is 0. The molecule has 3 aromatic rings. The van der Waals surface area contributed by atoms with E-state index in [4.69, 9.17) is 4.74 Å². The van der Waals surface area contributed by atoms with E-state index in [1.807, 2.05) is 13.8 Å². The molecule has 9 heteroatoms. The molecule has 0 spiro atoms. The number of benzene rings is 3. The maximum atomic E-state index is 13.3. The van der Waals surface area contributed by atoms with E-state index in [1.54, 1.807) is 30.3 Å². The van der Waals surface area contributed by atoms with Crippen LogP contribution in [0.3, 0.4) is 0 Å². The molecule has 0 aliphatic rings. The molecule has 0 aromatic heterocycles. The minimum atomic E-state index is -5.24. The van der Waals surface area contributed by atoms with Gasteiger partial charge in [0.05, 0.1) is 17.0 Å². The highest BCUT2D eigenvalue weighted by atomic mass is 19.4. The summed E-state index contributed by atoms with van der Waals surface area (Å²) < 4.78 is 84.6. The van der Waals surface area contributed by atoms with Crippen molar-refractivity contribution in [3.63, 3.8) is 0 Å². The number of aliphatic carboxylic acids is 1. The number of halogens is 6. The van der Waals surface area contributed by atoms with E-state index in [1.165, 1.54) is 18.2 Å². The zero-order valence-electron chi connectivity index (χ0n) is 18.7. The highest BCUT2D eigenvalue weighted by molar-refractivity contribution is 5.81. The van der Waals surface area contributed by atoms with Gasteiger partial charge in [-0.3, -0.25) is 4.79 Å². The van der Waals surface area contributed by atoms with Crippen molar-refractivity contribution in [2.45, 2.75) is 38.5 Å². The van der Waals surface area contributed by atoms with Crippen molar-refractivity contribution in [1.29, 1.82) is 0 Å². The molecule has 3 rings (SSSR count). The molecule has 0 aliphatic carbocycles. The third-order valence-electron chi connectivity index (χ3n) is 5.33. The first-order chi connectivity index (χ1) is 16.3. The van der Waals surface area contributed by atoms with Crippen LogP contribution >= 0.6 is 0 Å². The third-order valence-corrected chi connectivity index (χ3v) is 5.33. The Morgan fingerprint density at radius 3 is 1.94 bits per heavy atom. The molecular weight excluding hydrogens is 474 g/mol. The lowest BCUT2D eigenvalue weighted by molar-refractivity contribution is -0.162. The lowest BCUT2D eigenvalue weighted by Gasteiger charge is -2.20. The van der Waals surface area contributed by atoms with E-state index >= 15 is 0 Å². The van der Waals surface area contributed by atoms with Crippen LogP contribution in [-0.2, 0) is 17.1 Å². The molecule has 0 saturated heterocycles. The fourth-order valence-corrected chi connectivity index (χ4v) is 3.81. The Hall–Kier alpha value is -3.49. The molecule has 35 heavy (non-hydrogen) atoms. The molecule has 0 saturated carbocycles. The highest BCUT2D eigenvalue weighted by Gasteiger charge is 2.43. The molecule has 1 unspecified atom stereocenters. The van der Waals surface area contributed by atoms with Crippen molar-refractivity contribution >= 4 is 5.97 Å². The van der Waals surface area contributed by atoms with Crippen molar-refractivity contribution in [2.75, 3.05) is 0 Å². The smallest absolute Gasteiger partial charge is 0.417 e. The maximum Gasteiger partial charge on any atom is 0.417 e. The Labute approximate surface area is 198 Å². The van der Waals surface area contributed by atoms with Crippen molar-refractivity contribution < 1.29 is 41.0 Å². The normalized spacial score (nSPS) is 13.1. The average molecular weight is 496 g/mol. The lowest BCUT2D eigenvalue weighted by Crippen LogP contribution is -2.16. The van der Waals surface area contributed by atoms with Gasteiger partial charge in [-0.2, -0.15) is 26.3 Å². The van der Waals surface area contributed by atoms with Gasteiger partial charge in [-0.1, -0.05) is 50.2 Å². The summed E-state index contributed by atoms with van der Waals surface area (Å²) in [6, 6.07) is 14.6. The van der Waals surface area contributed by atoms with Gasteiger partial charge in [0.25, 0.3) is 0 Å². The van der Waals surface area contributed by atoms with Gasteiger partial charge in [0.1, 0.15) is 11.5 Å². The van der Waals surface area contributed by atoms with Crippen LogP contribution in [0.2, 0.25) is 0 Å². The lowest BCUT2D eigenvalue weighted by atomic mass is 9.85. The molecule has 1 atom stereocenters. The van der Waals surface area contributed by atoms with Crippen molar-refractivity contribution in [2.24, 2.45) is 5.92 Å². The zero-order valence-corrected chi connectivity index (χ0v) is 18.7. The summed E-state index contributed by atoms with van der Waals surface area (Å²) in [7, 11) is 0. The predicted molar refractivity (Wildman–Crippen MR) is 118 cm³/mol. The monoisotopic (exact) mass is 496 g/mol. The fourth-order valence-electron chi connectivity index (χ4n) is 3.81. The van der Waals surface area contributed by atoms with E-state index in [0.29, 0.717) is 35.2 Å². The maximum absolute atomic E-state index is 13.3. The van der Waals surface area contributed by atoms with Crippen LogP contribution in [0.5, 0.6) is 11.5 Å². The largest absolute Gasteiger partial charge is 0.481 e. The Morgan fingerprint density at radius 2 is 1.40 bits per heavy atom. The SMILES string of the molecule is CC(C)CC(C(=O)O)c1ccc(Oc2ccc(C(F)(F)F)c(C(F)(F)F)c2)cc1-c1ccccc1. The number of carboxylic acid groups (broad SMARTS) is 1. The van der Waals surface area contributed by atoms with Gasteiger partial charge in [0.2, 0.25) is 0 Å². The molecule has 0 fully saturated rings. The molecule has 3 aromatic carbocycles. The van der Waals surface area contributed by atoms with Crippen LogP contribution in [0.15, 0.2) is 66.7 Å². The molecule has 0 bridgehead atoms. The number of alkyl halides is 6. The van der Waals surface area contributed by atoms with Gasteiger partial charge in [-0.05, 0) is 59.4 Å². The van der Waals surface area contributed by atoms with Crippen molar-refractivity contribution in [1.82, 2.24) is 0 Å². The fraction of sp³-hybridized carbons (Fsp3) is 0.269. The highest BCUT2D eigenvalue weighted by Crippen LogP contribution is 2.43. The van der Waals surface area contributed by atoms with Gasteiger partial charge in [0, 0.05) is 0 Å². The first kappa shape index (κ1) is 26.1. The number of carboxylic acids is 1. The number of carbonyl (C=O) groups is 1. The summed E-state index contributed by atoms with van der Waals surface area (Å²) in [5, 5.41) is 9.82.